The molecule has 0 saturated heterocycles. The van der Waals surface area contributed by atoms with Gasteiger partial charge in [-0.2, -0.15) is 0 Å². The van der Waals surface area contributed by atoms with Crippen molar-refractivity contribution in [1.29, 1.82) is 0 Å². The van der Waals surface area contributed by atoms with Crippen LogP contribution in [0, 0.1) is 6.92 Å². The van der Waals surface area contributed by atoms with Crippen LogP contribution in [0.5, 0.6) is 0 Å². The van der Waals surface area contributed by atoms with E-state index in [0.717, 1.165) is 34.4 Å². The van der Waals surface area contributed by atoms with Crippen molar-refractivity contribution >= 4 is 53.8 Å². The number of amides is 1. The van der Waals surface area contributed by atoms with Crippen molar-refractivity contribution in [1.82, 2.24) is 15.6 Å². The predicted octanol–water partition coefficient (Wildman–Crippen LogP) is 3.93. The highest BCUT2D eigenvalue weighted by Crippen LogP contribution is 2.23. The molecule has 0 atom stereocenters. The number of aryl methyl sites for hydroxylation is 1. The number of hydrogen-bond donors (Lipinski definition) is 2. The van der Waals surface area contributed by atoms with Gasteiger partial charge in [0.15, 0.2) is 0 Å². The van der Waals surface area contributed by atoms with E-state index in [4.69, 9.17) is 0 Å². The van der Waals surface area contributed by atoms with Crippen LogP contribution < -0.4 is 10.6 Å². The number of rotatable bonds is 8. The molecule has 0 aliphatic rings. The van der Waals surface area contributed by atoms with E-state index >= 15 is 0 Å². The Morgan fingerprint density at radius 3 is 2.50 bits per heavy atom. The van der Waals surface area contributed by atoms with E-state index in [1.54, 1.807) is 23.1 Å². The molecule has 4 nitrogen and oxygen atoms in total. The van der Waals surface area contributed by atoms with Crippen LogP contribution >= 0.6 is 47.9 Å². The molecule has 0 saturated carbocycles. The van der Waals surface area contributed by atoms with Crippen LogP contribution in [0.25, 0.3) is 0 Å². The molecule has 2 aromatic rings. The molecule has 0 aliphatic carbocycles. The van der Waals surface area contributed by atoms with Gasteiger partial charge in [-0.15, -0.1) is 47.9 Å². The molecule has 2 rings (SSSR count). The molecular weight excluding hydrogens is 385 g/mol. The van der Waals surface area contributed by atoms with Gasteiger partial charge in [0.2, 0.25) is 0 Å². The summed E-state index contributed by atoms with van der Waals surface area (Å²) in [5.41, 5.74) is 1.81. The smallest absolute Gasteiger partial charge is 0.251 e. The van der Waals surface area contributed by atoms with Crippen LogP contribution in [0.4, 0.5) is 0 Å². The molecule has 0 spiro atoms. The number of benzene rings is 1. The van der Waals surface area contributed by atoms with E-state index in [1.807, 2.05) is 38.1 Å². The minimum atomic E-state index is -0.0235. The Morgan fingerprint density at radius 1 is 1.21 bits per heavy atom. The normalized spacial score (nSPS) is 9.75. The predicted molar refractivity (Wildman–Crippen MR) is 108 cm³/mol. The summed E-state index contributed by atoms with van der Waals surface area (Å²) in [6.07, 6.45) is 0. The number of carbonyl (C=O) groups is 1. The molecule has 0 bridgehead atoms. The molecule has 1 aromatic carbocycles. The number of aromatic nitrogens is 1. The van der Waals surface area contributed by atoms with E-state index in [9.17, 15) is 4.79 Å². The minimum absolute atomic E-state index is 0. The van der Waals surface area contributed by atoms with Crippen LogP contribution in [0.1, 0.15) is 28.0 Å². The first kappa shape index (κ1) is 23.2. The van der Waals surface area contributed by atoms with Crippen molar-refractivity contribution in [3.05, 3.63) is 45.9 Å². The van der Waals surface area contributed by atoms with Crippen molar-refractivity contribution in [3.63, 3.8) is 0 Å². The molecule has 8 heteroatoms. The Morgan fingerprint density at radius 2 is 1.92 bits per heavy atom. The highest BCUT2D eigenvalue weighted by molar-refractivity contribution is 7.98. The summed E-state index contributed by atoms with van der Waals surface area (Å²) in [4.78, 5) is 17.5. The summed E-state index contributed by atoms with van der Waals surface area (Å²) < 4.78 is 0. The topological polar surface area (TPSA) is 54.0 Å². The average molecular weight is 408 g/mol. The second-order valence-electron chi connectivity index (χ2n) is 4.78. The maximum absolute atomic E-state index is 11.9. The maximum atomic E-state index is 11.9. The first-order chi connectivity index (χ1) is 10.7. The first-order valence-corrected chi connectivity index (χ1v) is 9.18. The van der Waals surface area contributed by atoms with E-state index in [0.29, 0.717) is 12.1 Å². The zero-order chi connectivity index (χ0) is 15.8. The summed E-state index contributed by atoms with van der Waals surface area (Å²) in [7, 11) is 0. The van der Waals surface area contributed by atoms with E-state index in [2.05, 4.69) is 21.0 Å². The zero-order valence-electron chi connectivity index (χ0n) is 13.7. The van der Waals surface area contributed by atoms with Crippen molar-refractivity contribution < 1.29 is 4.79 Å². The molecule has 2 N–H and O–H groups in total. The summed E-state index contributed by atoms with van der Waals surface area (Å²) in [5, 5.41) is 9.26. The highest BCUT2D eigenvalue weighted by atomic mass is 35.5. The van der Waals surface area contributed by atoms with Crippen LogP contribution in [0.15, 0.2) is 34.5 Å². The largest absolute Gasteiger partial charge is 0.351 e. The Labute approximate surface area is 164 Å². The number of hydrogen-bond acceptors (Lipinski definition) is 5. The second-order valence-corrected chi connectivity index (χ2v) is 6.89. The molecule has 1 aromatic heterocycles. The van der Waals surface area contributed by atoms with Crippen molar-refractivity contribution in [2.24, 2.45) is 0 Å². The molecule has 0 fully saturated rings. The van der Waals surface area contributed by atoms with Gasteiger partial charge in [0, 0.05) is 34.7 Å². The van der Waals surface area contributed by atoms with Crippen LogP contribution in [-0.2, 0) is 5.75 Å². The van der Waals surface area contributed by atoms with Crippen molar-refractivity contribution in [2.75, 3.05) is 19.6 Å². The van der Waals surface area contributed by atoms with Gasteiger partial charge in [-0.1, -0.05) is 6.92 Å². The van der Waals surface area contributed by atoms with Crippen LogP contribution in [-0.4, -0.2) is 30.5 Å². The summed E-state index contributed by atoms with van der Waals surface area (Å²) >= 11 is 3.41. The van der Waals surface area contributed by atoms with E-state index in [1.165, 1.54) is 0 Å². The van der Waals surface area contributed by atoms with Gasteiger partial charge in [-0.25, -0.2) is 4.98 Å². The van der Waals surface area contributed by atoms with Crippen LogP contribution in [0.3, 0.4) is 0 Å². The summed E-state index contributed by atoms with van der Waals surface area (Å²) in [5.74, 6) is 0.836. The Kier molecular flexibility index (Phi) is 12.1. The monoisotopic (exact) mass is 407 g/mol. The number of nitrogens with one attached hydrogen (secondary N) is 2. The molecule has 0 radical (unpaired) electrons. The quantitative estimate of drug-likeness (QED) is 0.514. The highest BCUT2D eigenvalue weighted by Gasteiger charge is 2.05. The van der Waals surface area contributed by atoms with Crippen molar-refractivity contribution in [2.45, 2.75) is 24.5 Å². The third-order valence-electron chi connectivity index (χ3n) is 3.01. The Hall–Kier alpha value is -0.790. The summed E-state index contributed by atoms with van der Waals surface area (Å²) in [6, 6.07) is 7.72. The molecule has 0 unspecified atom stereocenters. The van der Waals surface area contributed by atoms with Gasteiger partial charge in [0.05, 0.1) is 10.7 Å². The lowest BCUT2D eigenvalue weighted by molar-refractivity contribution is 0.0954. The fraction of sp³-hybridized carbons (Fsp3) is 0.375. The molecule has 1 amide bonds. The standard InChI is InChI=1S/C16H21N3OS2.2ClH/c1-3-17-8-9-18-16(20)13-4-6-15(7-5-13)22-11-14-10-21-12(2)19-14;;/h4-7,10,17H,3,8-9,11H2,1-2H3,(H,18,20);2*1H. The number of nitrogens with zero attached hydrogens (tertiary/aromatic N) is 1. The molecule has 24 heavy (non-hydrogen) atoms. The third kappa shape index (κ3) is 7.85. The number of thiazole rings is 1. The Balaban J connectivity index is 0.00000264. The van der Waals surface area contributed by atoms with Gasteiger partial charge in [0.1, 0.15) is 0 Å². The van der Waals surface area contributed by atoms with E-state index < -0.39 is 0 Å². The first-order valence-electron chi connectivity index (χ1n) is 7.32. The number of likely N-dealkylation sites (N-methyl/N-ethyl adjacent to an activating group) is 1. The van der Waals surface area contributed by atoms with Gasteiger partial charge in [-0.3, -0.25) is 4.79 Å². The number of carbonyl (C=O) groups excluding carboxylic acids is 1. The second kappa shape index (κ2) is 12.6. The molecule has 1 heterocycles. The lowest BCUT2D eigenvalue weighted by atomic mass is 10.2. The fourth-order valence-electron chi connectivity index (χ4n) is 1.88. The Bertz CT molecular complexity index is 606. The fourth-order valence-corrected chi connectivity index (χ4v) is 3.39. The molecular formula is C16H23Cl2N3OS2. The SMILES string of the molecule is CCNCCNC(=O)c1ccc(SCc2csc(C)n2)cc1.Cl.Cl. The zero-order valence-corrected chi connectivity index (χ0v) is 17.0. The van der Waals surface area contributed by atoms with E-state index in [-0.39, 0.29) is 30.7 Å². The average Bonchev–Trinajstić information content (AvgIpc) is 2.95. The van der Waals surface area contributed by atoms with Gasteiger partial charge >= 0.3 is 0 Å². The van der Waals surface area contributed by atoms with Crippen LogP contribution in [0.2, 0.25) is 0 Å². The number of thioether (sulfide) groups is 1. The lowest BCUT2D eigenvalue weighted by Crippen LogP contribution is -2.31. The summed E-state index contributed by atoms with van der Waals surface area (Å²) in [6.45, 7) is 6.42. The number of halogens is 2. The van der Waals surface area contributed by atoms with Crippen molar-refractivity contribution in [3.8, 4) is 0 Å². The molecule has 0 aliphatic heterocycles. The molecule has 134 valence electrons. The minimum Gasteiger partial charge on any atom is -0.351 e. The lowest BCUT2D eigenvalue weighted by Gasteiger charge is -2.06. The maximum Gasteiger partial charge on any atom is 0.251 e. The van der Waals surface area contributed by atoms with Gasteiger partial charge < -0.3 is 10.6 Å². The van der Waals surface area contributed by atoms with Gasteiger partial charge in [0.25, 0.3) is 5.91 Å². The third-order valence-corrected chi connectivity index (χ3v) is 4.88. The van der Waals surface area contributed by atoms with Gasteiger partial charge in [-0.05, 0) is 37.7 Å².